The molecule has 1 amide bonds. The number of hydrogen-bond donors (Lipinski definition) is 1. The van der Waals surface area contributed by atoms with Gasteiger partial charge >= 0.3 is 6.18 Å². The largest absolute Gasteiger partial charge is 0.417 e. The molecule has 8 heteroatoms. The zero-order valence-corrected chi connectivity index (χ0v) is 10.1. The van der Waals surface area contributed by atoms with Crippen molar-refractivity contribution < 1.29 is 18.0 Å². The minimum atomic E-state index is -4.56. The van der Waals surface area contributed by atoms with Gasteiger partial charge in [-0.2, -0.15) is 23.5 Å². The third kappa shape index (κ3) is 4.60. The normalized spacial score (nSPS) is 11.3. The lowest BCUT2D eigenvalue weighted by molar-refractivity contribution is -0.137. The van der Waals surface area contributed by atoms with Gasteiger partial charge in [0.25, 0.3) is 5.91 Å². The molecule has 1 rings (SSSR count). The second kappa shape index (κ2) is 6.20. The monoisotopic (exact) mass is 289 g/mol. The number of benzene rings is 1. The number of amides is 1. The molecule has 1 aromatic rings. The Hall–Kier alpha value is -2.07. The van der Waals surface area contributed by atoms with Gasteiger partial charge in [-0.15, -0.1) is 0 Å². The van der Waals surface area contributed by atoms with Gasteiger partial charge in [0, 0.05) is 0 Å². The van der Waals surface area contributed by atoms with E-state index in [0.29, 0.717) is 0 Å². The number of nitriles is 1. The fourth-order valence-corrected chi connectivity index (χ4v) is 1.36. The third-order valence-corrected chi connectivity index (χ3v) is 2.27. The first-order valence-corrected chi connectivity index (χ1v) is 5.28. The van der Waals surface area contributed by atoms with Gasteiger partial charge in [0.05, 0.1) is 22.9 Å². The number of nitrogens with one attached hydrogen (secondary N) is 1. The fraction of sp³-hybridized carbons (Fsp3) is 0.182. The van der Waals surface area contributed by atoms with Crippen LogP contribution in [0.3, 0.4) is 0 Å². The molecule has 0 aliphatic heterocycles. The maximum Gasteiger partial charge on any atom is 0.417 e. The molecule has 4 nitrogen and oxygen atoms in total. The summed E-state index contributed by atoms with van der Waals surface area (Å²) in [4.78, 5) is 10.9. The highest BCUT2D eigenvalue weighted by Crippen LogP contribution is 2.34. The van der Waals surface area contributed by atoms with Crippen molar-refractivity contribution in [1.82, 2.24) is 5.43 Å². The van der Waals surface area contributed by atoms with Gasteiger partial charge in [0.1, 0.15) is 6.42 Å². The highest BCUT2D eigenvalue weighted by molar-refractivity contribution is 6.31. The maximum atomic E-state index is 12.5. The van der Waals surface area contributed by atoms with Crippen LogP contribution in [0.2, 0.25) is 5.02 Å². The first-order chi connectivity index (χ1) is 8.84. The molecular formula is C11H7ClF3N3O. The van der Waals surface area contributed by atoms with Gasteiger partial charge in [-0.1, -0.05) is 17.7 Å². The average molecular weight is 290 g/mol. The van der Waals surface area contributed by atoms with Crippen LogP contribution >= 0.6 is 11.6 Å². The van der Waals surface area contributed by atoms with Crippen LogP contribution in [0.25, 0.3) is 0 Å². The van der Waals surface area contributed by atoms with Crippen molar-refractivity contribution in [2.45, 2.75) is 12.6 Å². The van der Waals surface area contributed by atoms with E-state index in [1.54, 1.807) is 6.07 Å². The van der Waals surface area contributed by atoms with E-state index in [0.717, 1.165) is 18.3 Å². The number of halogens is 4. The second-order valence-electron chi connectivity index (χ2n) is 3.37. The van der Waals surface area contributed by atoms with Crippen LogP contribution in [-0.4, -0.2) is 12.1 Å². The topological polar surface area (TPSA) is 65.2 Å². The summed E-state index contributed by atoms with van der Waals surface area (Å²) in [7, 11) is 0. The Morgan fingerprint density at radius 1 is 1.53 bits per heavy atom. The van der Waals surface area contributed by atoms with Crippen LogP contribution in [0.15, 0.2) is 23.3 Å². The average Bonchev–Trinajstić information content (AvgIpc) is 2.30. The molecule has 100 valence electrons. The Morgan fingerprint density at radius 2 is 2.21 bits per heavy atom. The zero-order chi connectivity index (χ0) is 14.5. The van der Waals surface area contributed by atoms with Gasteiger partial charge in [-0.3, -0.25) is 4.79 Å². The number of alkyl halides is 3. The van der Waals surface area contributed by atoms with E-state index < -0.39 is 22.7 Å². The molecule has 0 aliphatic carbocycles. The van der Waals surface area contributed by atoms with Crippen molar-refractivity contribution >= 4 is 23.7 Å². The smallest absolute Gasteiger partial charge is 0.272 e. The van der Waals surface area contributed by atoms with Crippen LogP contribution in [-0.2, 0) is 11.0 Å². The van der Waals surface area contributed by atoms with Crippen LogP contribution in [0.4, 0.5) is 13.2 Å². The molecule has 0 saturated heterocycles. The Balaban J connectivity index is 2.84. The number of rotatable bonds is 3. The van der Waals surface area contributed by atoms with E-state index >= 15 is 0 Å². The lowest BCUT2D eigenvalue weighted by Gasteiger charge is -2.09. The lowest BCUT2D eigenvalue weighted by atomic mass is 10.1. The molecule has 0 saturated carbocycles. The minimum absolute atomic E-state index is 0.119. The summed E-state index contributed by atoms with van der Waals surface area (Å²) in [6.07, 6.45) is -3.92. The number of hydrazone groups is 1. The van der Waals surface area contributed by atoms with E-state index in [9.17, 15) is 18.0 Å². The molecule has 0 atom stereocenters. The van der Waals surface area contributed by atoms with Crippen molar-refractivity contribution in [3.63, 3.8) is 0 Å². The van der Waals surface area contributed by atoms with Gasteiger partial charge in [0.2, 0.25) is 0 Å². The summed E-state index contributed by atoms with van der Waals surface area (Å²) < 4.78 is 37.6. The summed E-state index contributed by atoms with van der Waals surface area (Å²) in [6.45, 7) is 0. The molecule has 0 spiro atoms. The second-order valence-corrected chi connectivity index (χ2v) is 3.77. The molecule has 1 aromatic carbocycles. The summed E-state index contributed by atoms with van der Waals surface area (Å²) in [5.74, 6) is -0.649. The van der Waals surface area contributed by atoms with Crippen molar-refractivity contribution in [2.75, 3.05) is 0 Å². The van der Waals surface area contributed by atoms with E-state index in [-0.39, 0.29) is 12.0 Å². The Bertz CT molecular complexity index is 549. The Morgan fingerprint density at radius 3 is 2.79 bits per heavy atom. The van der Waals surface area contributed by atoms with Crippen molar-refractivity contribution in [2.24, 2.45) is 5.10 Å². The van der Waals surface area contributed by atoms with Crippen LogP contribution in [0, 0.1) is 11.3 Å². The highest BCUT2D eigenvalue weighted by atomic mass is 35.5. The molecule has 0 bridgehead atoms. The number of carbonyl (C=O) groups is 1. The summed E-state index contributed by atoms with van der Waals surface area (Å²) >= 11 is 5.44. The number of carbonyl (C=O) groups excluding carboxylic acids is 1. The standard InChI is InChI=1S/C11H7ClF3N3O/c12-9-2-1-7(5-8(9)11(13,14)15)6-17-18-10(19)3-4-16/h1-2,5-6H,3H2,(H,18,19)/b17-6-. The quantitative estimate of drug-likeness (QED) is 0.687. The van der Waals surface area contributed by atoms with Gasteiger partial charge in [0.15, 0.2) is 0 Å². The highest BCUT2D eigenvalue weighted by Gasteiger charge is 2.33. The molecule has 0 heterocycles. The van der Waals surface area contributed by atoms with Crippen molar-refractivity contribution in [3.8, 4) is 6.07 Å². The van der Waals surface area contributed by atoms with Crippen molar-refractivity contribution in [1.29, 1.82) is 5.26 Å². The zero-order valence-electron chi connectivity index (χ0n) is 9.33. The van der Waals surface area contributed by atoms with E-state index in [2.05, 4.69) is 5.10 Å². The molecule has 0 radical (unpaired) electrons. The molecule has 0 aromatic heterocycles. The molecule has 19 heavy (non-hydrogen) atoms. The molecule has 1 N–H and O–H groups in total. The van der Waals surface area contributed by atoms with Gasteiger partial charge in [-0.05, 0) is 17.7 Å². The molecule has 0 unspecified atom stereocenters. The third-order valence-electron chi connectivity index (χ3n) is 1.94. The summed E-state index contributed by atoms with van der Waals surface area (Å²) in [5.41, 5.74) is 1.13. The van der Waals surface area contributed by atoms with E-state index in [4.69, 9.17) is 16.9 Å². The Labute approximate surface area is 111 Å². The fourth-order valence-electron chi connectivity index (χ4n) is 1.13. The first kappa shape index (κ1) is 15.0. The number of hydrogen-bond acceptors (Lipinski definition) is 3. The van der Waals surface area contributed by atoms with Crippen LogP contribution < -0.4 is 5.43 Å². The minimum Gasteiger partial charge on any atom is -0.272 e. The Kier molecular flexibility index (Phi) is 4.89. The van der Waals surface area contributed by atoms with Crippen LogP contribution in [0.1, 0.15) is 17.5 Å². The predicted octanol–water partition coefficient (Wildman–Crippen LogP) is 2.72. The maximum absolute atomic E-state index is 12.5. The lowest BCUT2D eigenvalue weighted by Crippen LogP contribution is -2.16. The molecule has 0 fully saturated rings. The predicted molar refractivity (Wildman–Crippen MR) is 62.4 cm³/mol. The van der Waals surface area contributed by atoms with E-state index in [1.165, 1.54) is 6.07 Å². The SMILES string of the molecule is N#CCC(=O)N/N=C\c1ccc(Cl)c(C(F)(F)F)c1. The van der Waals surface area contributed by atoms with Crippen molar-refractivity contribution in [3.05, 3.63) is 34.3 Å². The van der Waals surface area contributed by atoms with Gasteiger partial charge < -0.3 is 0 Å². The van der Waals surface area contributed by atoms with E-state index in [1.807, 2.05) is 5.43 Å². The first-order valence-electron chi connectivity index (χ1n) is 4.90. The molecular weight excluding hydrogens is 283 g/mol. The summed E-state index contributed by atoms with van der Waals surface area (Å²) in [5, 5.41) is 11.2. The number of nitrogens with zero attached hydrogens (tertiary/aromatic N) is 2. The molecule has 0 aliphatic rings. The van der Waals surface area contributed by atoms with Crippen LogP contribution in [0.5, 0.6) is 0 Å². The van der Waals surface area contributed by atoms with Gasteiger partial charge in [-0.25, -0.2) is 5.43 Å². The summed E-state index contributed by atoms with van der Waals surface area (Å²) in [6, 6.07) is 4.81.